The number of nitrogens with zero attached hydrogens (tertiary/aromatic N) is 4. The van der Waals surface area contributed by atoms with Gasteiger partial charge in [-0.05, 0) is 6.07 Å². The lowest BCUT2D eigenvalue weighted by Gasteiger charge is -2.05. The van der Waals surface area contributed by atoms with Crippen molar-refractivity contribution >= 4 is 51.8 Å². The van der Waals surface area contributed by atoms with Gasteiger partial charge in [0.25, 0.3) is 0 Å². The van der Waals surface area contributed by atoms with Crippen molar-refractivity contribution in [2.45, 2.75) is 11.7 Å². The van der Waals surface area contributed by atoms with Gasteiger partial charge >= 0.3 is 5.97 Å². The van der Waals surface area contributed by atoms with Crippen LogP contribution in [0.25, 0.3) is 11.2 Å². The average molecular weight is 341 g/mol. The van der Waals surface area contributed by atoms with Gasteiger partial charge in [-0.2, -0.15) is 0 Å². The molecule has 0 aliphatic heterocycles. The van der Waals surface area contributed by atoms with Crippen LogP contribution in [0.5, 0.6) is 0 Å². The summed E-state index contributed by atoms with van der Waals surface area (Å²) in [5, 5.41) is 11.9. The number of hydrogen-bond donors (Lipinski definition) is 1. The van der Waals surface area contributed by atoms with Crippen molar-refractivity contribution in [2.24, 2.45) is 0 Å². The summed E-state index contributed by atoms with van der Waals surface area (Å²) in [6.45, 7) is 0.497. The van der Waals surface area contributed by atoms with Crippen molar-refractivity contribution in [3.05, 3.63) is 33.9 Å². The second kappa shape index (κ2) is 6.00. The van der Waals surface area contributed by atoms with Gasteiger partial charge in [-0.15, -0.1) is 11.3 Å². The molecular formula is C12H9ClN4O2S2. The van der Waals surface area contributed by atoms with Crippen molar-refractivity contribution in [2.75, 3.05) is 5.75 Å². The van der Waals surface area contributed by atoms with Crippen molar-refractivity contribution < 1.29 is 9.90 Å². The molecule has 9 heteroatoms. The number of pyridine rings is 1. The lowest BCUT2D eigenvalue weighted by atomic mass is 10.4. The summed E-state index contributed by atoms with van der Waals surface area (Å²) in [4.78, 5) is 23.7. The maximum atomic E-state index is 10.8. The van der Waals surface area contributed by atoms with E-state index >= 15 is 0 Å². The molecule has 108 valence electrons. The van der Waals surface area contributed by atoms with Crippen molar-refractivity contribution in [3.63, 3.8) is 0 Å². The Morgan fingerprint density at radius 3 is 3.05 bits per heavy atom. The van der Waals surface area contributed by atoms with Crippen LogP contribution in [0.3, 0.4) is 0 Å². The number of aromatic nitrogens is 4. The van der Waals surface area contributed by atoms with E-state index in [9.17, 15) is 4.79 Å². The van der Waals surface area contributed by atoms with Crippen LogP contribution in [0, 0.1) is 0 Å². The van der Waals surface area contributed by atoms with E-state index in [4.69, 9.17) is 16.7 Å². The van der Waals surface area contributed by atoms with Crippen LogP contribution < -0.4 is 0 Å². The normalized spacial score (nSPS) is 11.1. The summed E-state index contributed by atoms with van der Waals surface area (Å²) in [5.74, 6) is -0.952. The number of thioether (sulfide) groups is 1. The minimum atomic E-state index is -0.891. The van der Waals surface area contributed by atoms with Gasteiger partial charge in [0.15, 0.2) is 10.8 Å². The average Bonchev–Trinajstić information content (AvgIpc) is 3.05. The molecule has 0 aromatic carbocycles. The molecule has 0 atom stereocenters. The molecule has 3 rings (SSSR count). The Labute approximate surface area is 132 Å². The van der Waals surface area contributed by atoms with E-state index in [-0.39, 0.29) is 5.75 Å². The highest BCUT2D eigenvalue weighted by atomic mass is 35.5. The summed E-state index contributed by atoms with van der Waals surface area (Å²) in [6.07, 6.45) is 1.55. The number of aliphatic carboxylic acids is 1. The lowest BCUT2D eigenvalue weighted by molar-refractivity contribution is -0.133. The Bertz CT molecular complexity index is 788. The summed E-state index contributed by atoms with van der Waals surface area (Å²) in [5.41, 5.74) is 3.95. The molecule has 0 unspecified atom stereocenters. The van der Waals surface area contributed by atoms with Gasteiger partial charge in [0.05, 0.1) is 28.5 Å². The third-order valence-electron chi connectivity index (χ3n) is 2.64. The highest BCUT2D eigenvalue weighted by Gasteiger charge is 2.15. The second-order valence-electron chi connectivity index (χ2n) is 4.14. The first-order chi connectivity index (χ1) is 10.1. The Hall–Kier alpha value is -1.64. The number of thiazole rings is 1. The van der Waals surface area contributed by atoms with Gasteiger partial charge < -0.3 is 5.11 Å². The molecule has 0 aliphatic rings. The van der Waals surface area contributed by atoms with E-state index in [2.05, 4.69) is 15.0 Å². The minimum Gasteiger partial charge on any atom is -0.481 e. The van der Waals surface area contributed by atoms with Gasteiger partial charge in [0.2, 0.25) is 0 Å². The number of carboxylic acid groups (broad SMARTS) is 1. The molecule has 3 heterocycles. The lowest BCUT2D eigenvalue weighted by Crippen LogP contribution is -2.05. The SMILES string of the molecule is O=C(O)CSc1nc2cc(Cl)cnc2n1Cc1cscn1. The largest absolute Gasteiger partial charge is 0.481 e. The molecule has 0 amide bonds. The van der Waals surface area contributed by atoms with Gasteiger partial charge in [0, 0.05) is 11.6 Å². The van der Waals surface area contributed by atoms with Gasteiger partial charge in [-0.1, -0.05) is 23.4 Å². The molecule has 1 N–H and O–H groups in total. The van der Waals surface area contributed by atoms with E-state index < -0.39 is 5.97 Å². The number of imidazole rings is 1. The fourth-order valence-corrected chi connectivity index (χ4v) is 3.25. The first-order valence-corrected chi connectivity index (χ1v) is 8.17. The molecule has 6 nitrogen and oxygen atoms in total. The maximum absolute atomic E-state index is 10.8. The molecule has 21 heavy (non-hydrogen) atoms. The summed E-state index contributed by atoms with van der Waals surface area (Å²) in [7, 11) is 0. The predicted molar refractivity (Wildman–Crippen MR) is 82.1 cm³/mol. The van der Waals surface area contributed by atoms with E-state index in [1.165, 1.54) is 11.3 Å². The van der Waals surface area contributed by atoms with E-state index in [1.54, 1.807) is 17.8 Å². The standard InChI is InChI=1S/C12H9ClN4O2S2/c13-7-1-9-11(14-2-7)17(3-8-4-20-6-15-8)12(16-9)21-5-10(18)19/h1-2,4,6H,3,5H2,(H,18,19). The van der Waals surface area contributed by atoms with Crippen LogP contribution in [0.4, 0.5) is 0 Å². The number of fused-ring (bicyclic) bond motifs is 1. The van der Waals surface area contributed by atoms with Crippen LogP contribution in [-0.2, 0) is 11.3 Å². The van der Waals surface area contributed by atoms with Crippen LogP contribution in [-0.4, -0.2) is 36.3 Å². The molecule has 0 aliphatic carbocycles. The van der Waals surface area contributed by atoms with Crippen LogP contribution >= 0.6 is 34.7 Å². The topological polar surface area (TPSA) is 80.9 Å². The van der Waals surface area contributed by atoms with Crippen molar-refractivity contribution in [3.8, 4) is 0 Å². The van der Waals surface area contributed by atoms with Crippen LogP contribution in [0.15, 0.2) is 28.3 Å². The smallest absolute Gasteiger partial charge is 0.313 e. The highest BCUT2D eigenvalue weighted by Crippen LogP contribution is 2.25. The van der Waals surface area contributed by atoms with E-state index in [1.807, 2.05) is 9.95 Å². The molecule has 0 bridgehead atoms. The third-order valence-corrected chi connectivity index (χ3v) is 4.45. The molecule has 0 saturated carbocycles. The molecule has 3 aromatic rings. The Morgan fingerprint density at radius 2 is 2.33 bits per heavy atom. The molecule has 0 saturated heterocycles. The number of halogens is 1. The maximum Gasteiger partial charge on any atom is 0.313 e. The number of carbonyl (C=O) groups is 1. The first-order valence-electron chi connectivity index (χ1n) is 5.87. The fourth-order valence-electron chi connectivity index (χ4n) is 1.82. The van der Waals surface area contributed by atoms with Gasteiger partial charge in [-0.25, -0.2) is 15.0 Å². The third kappa shape index (κ3) is 3.17. The van der Waals surface area contributed by atoms with Crippen molar-refractivity contribution in [1.29, 1.82) is 0 Å². The fraction of sp³-hybridized carbons (Fsp3) is 0.167. The predicted octanol–water partition coefficient (Wildman–Crippen LogP) is 2.77. The van der Waals surface area contributed by atoms with E-state index in [0.717, 1.165) is 17.5 Å². The van der Waals surface area contributed by atoms with Crippen molar-refractivity contribution in [1.82, 2.24) is 19.5 Å². The number of carboxylic acids is 1. The molecule has 0 fully saturated rings. The monoisotopic (exact) mass is 340 g/mol. The zero-order valence-corrected chi connectivity index (χ0v) is 13.0. The second-order valence-corrected chi connectivity index (χ2v) is 6.24. The zero-order valence-electron chi connectivity index (χ0n) is 10.6. The van der Waals surface area contributed by atoms with E-state index in [0.29, 0.717) is 27.9 Å². The van der Waals surface area contributed by atoms with Gasteiger partial charge in [-0.3, -0.25) is 9.36 Å². The quantitative estimate of drug-likeness (QED) is 0.719. The summed E-state index contributed by atoms with van der Waals surface area (Å²) in [6, 6.07) is 1.71. The number of rotatable bonds is 5. The van der Waals surface area contributed by atoms with Crippen LogP contribution in [0.2, 0.25) is 5.02 Å². The number of hydrogen-bond acceptors (Lipinski definition) is 6. The summed E-state index contributed by atoms with van der Waals surface area (Å²) < 4.78 is 1.86. The minimum absolute atomic E-state index is 0.0614. The Balaban J connectivity index is 2.03. The molecule has 0 spiro atoms. The zero-order chi connectivity index (χ0) is 14.8. The highest BCUT2D eigenvalue weighted by molar-refractivity contribution is 7.99. The van der Waals surface area contributed by atoms with Crippen LogP contribution in [0.1, 0.15) is 5.69 Å². The molecule has 0 radical (unpaired) electrons. The first kappa shape index (κ1) is 14.3. The molecule has 3 aromatic heterocycles. The Kier molecular flexibility index (Phi) is 4.09. The Morgan fingerprint density at radius 1 is 1.48 bits per heavy atom. The van der Waals surface area contributed by atoms with Gasteiger partial charge in [0.1, 0.15) is 5.52 Å². The summed E-state index contributed by atoms with van der Waals surface area (Å²) >= 11 is 8.59. The molecular weight excluding hydrogens is 332 g/mol.